The lowest BCUT2D eigenvalue weighted by Gasteiger charge is -2.07. The van der Waals surface area contributed by atoms with Gasteiger partial charge in [-0.15, -0.1) is 0 Å². The average molecular weight is 292 g/mol. The van der Waals surface area contributed by atoms with Gasteiger partial charge in [-0.25, -0.2) is 4.83 Å². The molecule has 0 spiro atoms. The Morgan fingerprint density at radius 2 is 1.95 bits per heavy atom. The molecule has 1 aromatic rings. The number of hydrogen-bond donors (Lipinski definition) is 1. The number of sulfonamides is 1. The first kappa shape index (κ1) is 13.6. The van der Waals surface area contributed by atoms with E-state index in [4.69, 9.17) is 0 Å². The third kappa shape index (κ3) is 2.87. The van der Waals surface area contributed by atoms with Crippen molar-refractivity contribution in [1.82, 2.24) is 4.83 Å². The molecule has 2 atom stereocenters. The molecular formula is C15H20N2O2S. The van der Waals surface area contributed by atoms with Gasteiger partial charge in [0.05, 0.1) is 4.90 Å². The summed E-state index contributed by atoms with van der Waals surface area (Å²) in [5.74, 6) is 1.28. The van der Waals surface area contributed by atoms with E-state index in [2.05, 4.69) is 9.93 Å². The minimum atomic E-state index is -3.53. The Balaban J connectivity index is 1.75. The van der Waals surface area contributed by atoms with Crippen LogP contribution in [0.3, 0.4) is 0 Å². The van der Waals surface area contributed by atoms with Crippen LogP contribution in [0, 0.1) is 18.8 Å². The van der Waals surface area contributed by atoms with E-state index in [9.17, 15) is 8.42 Å². The van der Waals surface area contributed by atoms with Gasteiger partial charge in [-0.3, -0.25) is 0 Å². The highest BCUT2D eigenvalue weighted by Crippen LogP contribution is 2.46. The normalized spacial score (nSPS) is 27.8. The molecule has 0 radical (unpaired) electrons. The molecule has 2 unspecified atom stereocenters. The molecule has 0 saturated heterocycles. The van der Waals surface area contributed by atoms with Gasteiger partial charge in [0.15, 0.2) is 0 Å². The van der Waals surface area contributed by atoms with Gasteiger partial charge in [0.1, 0.15) is 0 Å². The zero-order valence-corrected chi connectivity index (χ0v) is 12.5. The Hall–Kier alpha value is -1.36. The average Bonchev–Trinajstić information content (AvgIpc) is 3.17. The minimum absolute atomic E-state index is 0.272. The fraction of sp³-hybridized carbons (Fsp3) is 0.533. The van der Waals surface area contributed by atoms with Crippen LogP contribution in [0.5, 0.6) is 0 Å². The number of rotatable bonds is 3. The number of hydrazone groups is 1. The van der Waals surface area contributed by atoms with E-state index in [1.165, 1.54) is 19.3 Å². The minimum Gasteiger partial charge on any atom is -0.200 e. The van der Waals surface area contributed by atoms with Crippen LogP contribution in [-0.4, -0.2) is 14.1 Å². The molecule has 2 aliphatic rings. The van der Waals surface area contributed by atoms with Crippen molar-refractivity contribution in [2.75, 3.05) is 0 Å². The summed E-state index contributed by atoms with van der Waals surface area (Å²) in [6.45, 7) is 1.93. The SMILES string of the molecule is Cc1ccc(S(=O)(=O)N/N=C2/CCCCC3CC23)cc1. The summed E-state index contributed by atoms with van der Waals surface area (Å²) in [6, 6.07) is 6.82. The van der Waals surface area contributed by atoms with E-state index in [1.807, 2.05) is 6.92 Å². The summed E-state index contributed by atoms with van der Waals surface area (Å²) >= 11 is 0. The molecule has 0 heterocycles. The van der Waals surface area contributed by atoms with Crippen LogP contribution in [0.4, 0.5) is 0 Å². The van der Waals surface area contributed by atoms with E-state index < -0.39 is 10.0 Å². The zero-order valence-electron chi connectivity index (χ0n) is 11.7. The van der Waals surface area contributed by atoms with Crippen molar-refractivity contribution in [2.45, 2.75) is 43.9 Å². The van der Waals surface area contributed by atoms with Crippen LogP contribution in [-0.2, 0) is 10.0 Å². The van der Waals surface area contributed by atoms with Gasteiger partial charge < -0.3 is 0 Å². The molecule has 2 aliphatic carbocycles. The van der Waals surface area contributed by atoms with E-state index in [0.29, 0.717) is 5.92 Å². The standard InChI is InChI=1S/C15H20N2O2S/c1-11-6-8-13(9-7-11)20(18,19)17-16-15-5-3-2-4-12-10-14(12)15/h6-9,12,14,17H,2-5,10H2,1H3/b16-15-. The Bertz CT molecular complexity index is 620. The number of nitrogens with one attached hydrogen (secondary N) is 1. The van der Waals surface area contributed by atoms with Crippen molar-refractivity contribution < 1.29 is 8.42 Å². The van der Waals surface area contributed by atoms with Crippen LogP contribution >= 0.6 is 0 Å². The number of hydrogen-bond acceptors (Lipinski definition) is 3. The third-order valence-corrected chi connectivity index (χ3v) is 5.47. The van der Waals surface area contributed by atoms with Crippen molar-refractivity contribution in [3.8, 4) is 0 Å². The van der Waals surface area contributed by atoms with Crippen LogP contribution in [0.25, 0.3) is 0 Å². The van der Waals surface area contributed by atoms with Gasteiger partial charge in [0.25, 0.3) is 10.0 Å². The van der Waals surface area contributed by atoms with Crippen molar-refractivity contribution in [2.24, 2.45) is 16.9 Å². The monoisotopic (exact) mass is 292 g/mol. The number of fused-ring (bicyclic) bond motifs is 1. The maximum absolute atomic E-state index is 12.2. The summed E-state index contributed by atoms with van der Waals surface area (Å²) in [7, 11) is -3.53. The first-order chi connectivity index (χ1) is 9.56. The molecule has 20 heavy (non-hydrogen) atoms. The predicted molar refractivity (Wildman–Crippen MR) is 79.0 cm³/mol. The van der Waals surface area contributed by atoms with Crippen LogP contribution in [0.2, 0.25) is 0 Å². The van der Waals surface area contributed by atoms with Crippen LogP contribution < -0.4 is 4.83 Å². The Kier molecular flexibility index (Phi) is 3.54. The Morgan fingerprint density at radius 1 is 1.20 bits per heavy atom. The molecule has 2 saturated carbocycles. The number of benzene rings is 1. The molecule has 0 aliphatic heterocycles. The lowest BCUT2D eigenvalue weighted by Crippen LogP contribution is -2.21. The van der Waals surface area contributed by atoms with E-state index in [-0.39, 0.29) is 4.90 Å². The quantitative estimate of drug-likeness (QED) is 0.871. The van der Waals surface area contributed by atoms with Crippen molar-refractivity contribution >= 4 is 15.7 Å². The summed E-state index contributed by atoms with van der Waals surface area (Å²) < 4.78 is 24.3. The first-order valence-corrected chi connectivity index (χ1v) is 8.69. The Morgan fingerprint density at radius 3 is 2.70 bits per heavy atom. The maximum Gasteiger partial charge on any atom is 0.276 e. The van der Waals surface area contributed by atoms with Gasteiger partial charge in [0.2, 0.25) is 0 Å². The van der Waals surface area contributed by atoms with Crippen molar-refractivity contribution in [3.05, 3.63) is 29.8 Å². The van der Waals surface area contributed by atoms with Crippen LogP contribution in [0.1, 0.15) is 37.7 Å². The van der Waals surface area contributed by atoms with Gasteiger partial charge >= 0.3 is 0 Å². The highest BCUT2D eigenvalue weighted by molar-refractivity contribution is 7.89. The molecule has 4 nitrogen and oxygen atoms in total. The van der Waals surface area contributed by atoms with Gasteiger partial charge in [-0.05, 0) is 50.7 Å². The molecule has 108 valence electrons. The second kappa shape index (κ2) is 5.20. The fourth-order valence-corrected chi connectivity index (χ4v) is 3.74. The molecule has 1 aromatic carbocycles. The number of nitrogens with zero attached hydrogens (tertiary/aromatic N) is 1. The fourth-order valence-electron chi connectivity index (χ4n) is 2.90. The van der Waals surface area contributed by atoms with Gasteiger partial charge in [-0.1, -0.05) is 24.1 Å². The smallest absolute Gasteiger partial charge is 0.200 e. The molecule has 1 N–H and O–H groups in total. The van der Waals surface area contributed by atoms with Gasteiger partial charge in [-0.2, -0.15) is 13.5 Å². The first-order valence-electron chi connectivity index (χ1n) is 7.21. The molecular weight excluding hydrogens is 272 g/mol. The van der Waals surface area contributed by atoms with Crippen molar-refractivity contribution in [3.63, 3.8) is 0 Å². The summed E-state index contributed by atoms with van der Waals surface area (Å²) in [5.41, 5.74) is 2.09. The summed E-state index contributed by atoms with van der Waals surface area (Å²) in [4.78, 5) is 2.68. The lowest BCUT2D eigenvalue weighted by molar-refractivity contribution is 0.584. The summed E-state index contributed by atoms with van der Waals surface area (Å²) in [6.07, 6.45) is 5.75. The predicted octanol–water partition coefficient (Wildman–Crippen LogP) is 2.84. The molecule has 0 amide bonds. The third-order valence-electron chi connectivity index (χ3n) is 4.25. The lowest BCUT2D eigenvalue weighted by atomic mass is 10.1. The second-order valence-corrected chi connectivity index (χ2v) is 7.52. The molecule has 2 fully saturated rings. The van der Waals surface area contributed by atoms with E-state index >= 15 is 0 Å². The highest BCUT2D eigenvalue weighted by atomic mass is 32.2. The molecule has 0 aromatic heterocycles. The highest BCUT2D eigenvalue weighted by Gasteiger charge is 2.41. The van der Waals surface area contributed by atoms with E-state index in [0.717, 1.165) is 30.0 Å². The largest absolute Gasteiger partial charge is 0.276 e. The van der Waals surface area contributed by atoms with Crippen molar-refractivity contribution in [1.29, 1.82) is 0 Å². The van der Waals surface area contributed by atoms with E-state index in [1.54, 1.807) is 24.3 Å². The topological polar surface area (TPSA) is 58.5 Å². The Labute approximate surface area is 120 Å². The van der Waals surface area contributed by atoms with Gasteiger partial charge in [0, 0.05) is 11.6 Å². The maximum atomic E-state index is 12.2. The molecule has 5 heteroatoms. The summed E-state index contributed by atoms with van der Waals surface area (Å²) in [5, 5.41) is 4.22. The zero-order chi connectivity index (χ0) is 14.2. The second-order valence-electron chi connectivity index (χ2n) is 5.86. The number of aryl methyl sites for hydroxylation is 1. The van der Waals surface area contributed by atoms with Crippen LogP contribution in [0.15, 0.2) is 34.3 Å². The molecule has 3 rings (SSSR count). The molecule has 0 bridgehead atoms.